The standard InChI is InChI=1S/C14H21NS/c1-4-11-16-14-8-6-5-7-13(14)15-10-9-12(2)3/h4-8,12,15H,1,9-11H2,2-3H3. The molecular weight excluding hydrogens is 214 g/mol. The van der Waals surface area contributed by atoms with Gasteiger partial charge in [0.25, 0.3) is 0 Å². The maximum atomic E-state index is 3.75. The van der Waals surface area contributed by atoms with Crippen LogP contribution in [0, 0.1) is 5.92 Å². The Bertz CT molecular complexity index is 320. The molecule has 88 valence electrons. The average molecular weight is 235 g/mol. The van der Waals surface area contributed by atoms with Crippen molar-refractivity contribution in [1.82, 2.24) is 0 Å². The second-order valence-corrected chi connectivity index (χ2v) is 5.27. The number of hydrogen-bond acceptors (Lipinski definition) is 2. The zero-order chi connectivity index (χ0) is 11.8. The highest BCUT2D eigenvalue weighted by molar-refractivity contribution is 7.99. The zero-order valence-corrected chi connectivity index (χ0v) is 11.0. The maximum Gasteiger partial charge on any atom is 0.0478 e. The van der Waals surface area contributed by atoms with Crippen LogP contribution >= 0.6 is 11.8 Å². The van der Waals surface area contributed by atoms with Gasteiger partial charge in [0.05, 0.1) is 0 Å². The number of benzene rings is 1. The first kappa shape index (κ1) is 13.2. The predicted octanol–water partition coefficient (Wildman–Crippen LogP) is 4.42. The van der Waals surface area contributed by atoms with Gasteiger partial charge in [-0.05, 0) is 24.5 Å². The van der Waals surface area contributed by atoms with Gasteiger partial charge in [0.2, 0.25) is 0 Å². The quantitative estimate of drug-likeness (QED) is 0.554. The summed E-state index contributed by atoms with van der Waals surface area (Å²) >= 11 is 1.83. The SMILES string of the molecule is C=CCSc1ccccc1NCCC(C)C. The van der Waals surface area contributed by atoms with Gasteiger partial charge in [0, 0.05) is 22.9 Å². The van der Waals surface area contributed by atoms with Crippen LogP contribution in [0.1, 0.15) is 20.3 Å². The summed E-state index contributed by atoms with van der Waals surface area (Å²) in [6, 6.07) is 8.46. The molecule has 1 aromatic rings. The molecule has 0 saturated carbocycles. The molecule has 1 rings (SSSR count). The monoisotopic (exact) mass is 235 g/mol. The molecule has 2 heteroatoms. The van der Waals surface area contributed by atoms with E-state index in [2.05, 4.69) is 50.0 Å². The van der Waals surface area contributed by atoms with E-state index in [4.69, 9.17) is 0 Å². The Kier molecular flexibility index (Phi) is 6.09. The van der Waals surface area contributed by atoms with Gasteiger partial charge in [-0.25, -0.2) is 0 Å². The molecule has 0 amide bonds. The molecule has 0 heterocycles. The van der Waals surface area contributed by atoms with E-state index in [0.717, 1.165) is 18.2 Å². The van der Waals surface area contributed by atoms with Crippen molar-refractivity contribution >= 4 is 17.4 Å². The number of hydrogen-bond donors (Lipinski definition) is 1. The Morgan fingerprint density at radius 2 is 2.12 bits per heavy atom. The summed E-state index contributed by atoms with van der Waals surface area (Å²) in [6.07, 6.45) is 3.15. The van der Waals surface area contributed by atoms with Crippen molar-refractivity contribution in [1.29, 1.82) is 0 Å². The van der Waals surface area contributed by atoms with Gasteiger partial charge in [-0.1, -0.05) is 32.1 Å². The minimum absolute atomic E-state index is 0.750. The highest BCUT2D eigenvalue weighted by Crippen LogP contribution is 2.26. The second kappa shape index (κ2) is 7.39. The lowest BCUT2D eigenvalue weighted by atomic mass is 10.1. The molecule has 16 heavy (non-hydrogen) atoms. The van der Waals surface area contributed by atoms with Crippen molar-refractivity contribution in [2.24, 2.45) is 5.92 Å². The number of anilines is 1. The Hall–Kier alpha value is -0.890. The maximum absolute atomic E-state index is 3.75. The molecule has 0 atom stereocenters. The number of rotatable bonds is 7. The van der Waals surface area contributed by atoms with Crippen LogP contribution in [0.15, 0.2) is 41.8 Å². The summed E-state index contributed by atoms with van der Waals surface area (Å²) in [6.45, 7) is 9.29. The van der Waals surface area contributed by atoms with E-state index < -0.39 is 0 Å². The summed E-state index contributed by atoms with van der Waals surface area (Å²) in [7, 11) is 0. The summed E-state index contributed by atoms with van der Waals surface area (Å²) in [5.74, 6) is 1.71. The normalized spacial score (nSPS) is 10.4. The topological polar surface area (TPSA) is 12.0 Å². The average Bonchev–Trinajstić information content (AvgIpc) is 2.27. The lowest BCUT2D eigenvalue weighted by Gasteiger charge is -2.12. The van der Waals surface area contributed by atoms with E-state index in [-0.39, 0.29) is 0 Å². The van der Waals surface area contributed by atoms with Crippen LogP contribution in [0.4, 0.5) is 5.69 Å². The summed E-state index contributed by atoms with van der Waals surface area (Å²) in [5, 5.41) is 3.50. The van der Waals surface area contributed by atoms with Crippen molar-refractivity contribution in [3.05, 3.63) is 36.9 Å². The molecular formula is C14H21NS. The zero-order valence-electron chi connectivity index (χ0n) is 10.2. The Balaban J connectivity index is 2.52. The Labute approximate surface area is 103 Å². The van der Waals surface area contributed by atoms with Gasteiger partial charge in [-0.2, -0.15) is 0 Å². The first-order valence-electron chi connectivity index (χ1n) is 5.80. The smallest absolute Gasteiger partial charge is 0.0478 e. The minimum Gasteiger partial charge on any atom is -0.384 e. The fraction of sp³-hybridized carbons (Fsp3) is 0.429. The van der Waals surface area contributed by atoms with Gasteiger partial charge >= 0.3 is 0 Å². The van der Waals surface area contributed by atoms with Crippen molar-refractivity contribution in [2.45, 2.75) is 25.2 Å². The lowest BCUT2D eigenvalue weighted by Crippen LogP contribution is -2.05. The minimum atomic E-state index is 0.750. The van der Waals surface area contributed by atoms with Crippen LogP contribution in [-0.4, -0.2) is 12.3 Å². The third-order valence-corrected chi connectivity index (χ3v) is 3.35. The van der Waals surface area contributed by atoms with Crippen molar-refractivity contribution in [3.8, 4) is 0 Å². The van der Waals surface area contributed by atoms with E-state index in [1.165, 1.54) is 17.0 Å². The number of para-hydroxylation sites is 1. The molecule has 0 aliphatic heterocycles. The van der Waals surface area contributed by atoms with Crippen LogP contribution < -0.4 is 5.32 Å². The molecule has 0 aliphatic carbocycles. The van der Waals surface area contributed by atoms with Crippen LogP contribution in [0.3, 0.4) is 0 Å². The van der Waals surface area contributed by atoms with Gasteiger partial charge in [0.1, 0.15) is 0 Å². The Morgan fingerprint density at radius 3 is 2.81 bits per heavy atom. The van der Waals surface area contributed by atoms with Gasteiger partial charge in [-0.15, -0.1) is 18.3 Å². The third kappa shape index (κ3) is 4.75. The molecule has 0 aliphatic rings. The first-order chi connectivity index (χ1) is 7.74. The summed E-state index contributed by atoms with van der Waals surface area (Å²) in [4.78, 5) is 1.31. The lowest BCUT2D eigenvalue weighted by molar-refractivity contribution is 0.607. The second-order valence-electron chi connectivity index (χ2n) is 4.21. The van der Waals surface area contributed by atoms with Crippen LogP contribution in [-0.2, 0) is 0 Å². The molecule has 0 spiro atoms. The number of nitrogens with one attached hydrogen (secondary N) is 1. The Morgan fingerprint density at radius 1 is 1.38 bits per heavy atom. The van der Waals surface area contributed by atoms with Gasteiger partial charge in [0.15, 0.2) is 0 Å². The van der Waals surface area contributed by atoms with Crippen molar-refractivity contribution in [2.75, 3.05) is 17.6 Å². The fourth-order valence-corrected chi connectivity index (χ4v) is 2.15. The molecule has 1 N–H and O–H groups in total. The summed E-state index contributed by atoms with van der Waals surface area (Å²) < 4.78 is 0. The molecule has 1 aromatic carbocycles. The molecule has 0 radical (unpaired) electrons. The highest BCUT2D eigenvalue weighted by atomic mass is 32.2. The largest absolute Gasteiger partial charge is 0.384 e. The molecule has 0 unspecified atom stereocenters. The molecule has 0 saturated heterocycles. The van der Waals surface area contributed by atoms with Crippen molar-refractivity contribution in [3.63, 3.8) is 0 Å². The third-order valence-electron chi connectivity index (χ3n) is 2.28. The highest BCUT2D eigenvalue weighted by Gasteiger charge is 2.01. The first-order valence-corrected chi connectivity index (χ1v) is 6.79. The van der Waals surface area contributed by atoms with Gasteiger partial charge in [-0.3, -0.25) is 0 Å². The van der Waals surface area contributed by atoms with E-state index >= 15 is 0 Å². The van der Waals surface area contributed by atoms with Gasteiger partial charge < -0.3 is 5.32 Å². The molecule has 0 bridgehead atoms. The van der Waals surface area contributed by atoms with Crippen LogP contribution in [0.2, 0.25) is 0 Å². The number of thioether (sulfide) groups is 1. The van der Waals surface area contributed by atoms with Crippen LogP contribution in [0.5, 0.6) is 0 Å². The van der Waals surface area contributed by atoms with E-state index in [9.17, 15) is 0 Å². The molecule has 0 aromatic heterocycles. The van der Waals surface area contributed by atoms with E-state index in [1.807, 2.05) is 17.8 Å². The van der Waals surface area contributed by atoms with E-state index in [1.54, 1.807) is 0 Å². The predicted molar refractivity (Wildman–Crippen MR) is 75.3 cm³/mol. The van der Waals surface area contributed by atoms with Crippen molar-refractivity contribution < 1.29 is 0 Å². The summed E-state index contributed by atoms with van der Waals surface area (Å²) in [5.41, 5.74) is 1.25. The van der Waals surface area contributed by atoms with Crippen LogP contribution in [0.25, 0.3) is 0 Å². The van der Waals surface area contributed by atoms with E-state index in [0.29, 0.717) is 0 Å². The fourth-order valence-electron chi connectivity index (χ4n) is 1.38. The molecule has 0 fully saturated rings. The molecule has 1 nitrogen and oxygen atoms in total.